The summed E-state index contributed by atoms with van der Waals surface area (Å²) in [7, 11) is 1.99. The van der Waals surface area contributed by atoms with Crippen LogP contribution in [0.15, 0.2) is 0 Å². The molecule has 4 saturated carbocycles. The molecule has 1 aromatic heterocycles. The van der Waals surface area contributed by atoms with Crippen LogP contribution in [0.5, 0.6) is 0 Å². The molecule has 2 N–H and O–H groups in total. The maximum atomic E-state index is 5.73. The van der Waals surface area contributed by atoms with Crippen molar-refractivity contribution >= 4 is 5.95 Å². The number of hydrogen-bond acceptors (Lipinski definition) is 3. The largest absolute Gasteiger partial charge is 0.366 e. The quantitative estimate of drug-likeness (QED) is 0.805. The Labute approximate surface area is 102 Å². The standard InChI is InChI=1S/C13H20N4/c1-17-12(15-13(14)16-17)11-9-3-7-2-8(5-9)6-10(11)4-7/h7-11H,2-6H2,1H3,(H2,14,16). The summed E-state index contributed by atoms with van der Waals surface area (Å²) in [5.74, 6) is 5.96. The Morgan fingerprint density at radius 1 is 1.06 bits per heavy atom. The monoisotopic (exact) mass is 232 g/mol. The van der Waals surface area contributed by atoms with E-state index in [1.54, 1.807) is 0 Å². The van der Waals surface area contributed by atoms with E-state index in [4.69, 9.17) is 5.73 Å². The fourth-order valence-electron chi connectivity index (χ4n) is 5.05. The molecule has 92 valence electrons. The number of aromatic nitrogens is 3. The van der Waals surface area contributed by atoms with E-state index in [-0.39, 0.29) is 0 Å². The minimum Gasteiger partial charge on any atom is -0.366 e. The maximum absolute atomic E-state index is 5.73. The zero-order valence-electron chi connectivity index (χ0n) is 10.3. The second kappa shape index (κ2) is 3.24. The van der Waals surface area contributed by atoms with Crippen LogP contribution in [0, 0.1) is 23.7 Å². The number of nitrogen functional groups attached to an aromatic ring is 1. The molecule has 0 saturated heterocycles. The lowest BCUT2D eigenvalue weighted by Gasteiger charge is -2.53. The van der Waals surface area contributed by atoms with Gasteiger partial charge in [0.1, 0.15) is 5.82 Å². The minimum atomic E-state index is 0.441. The summed E-state index contributed by atoms with van der Waals surface area (Å²) in [6.07, 6.45) is 7.18. The van der Waals surface area contributed by atoms with Gasteiger partial charge in [-0.1, -0.05) is 0 Å². The summed E-state index contributed by atoms with van der Waals surface area (Å²) in [5.41, 5.74) is 5.73. The molecule has 1 aromatic rings. The minimum absolute atomic E-state index is 0.441. The number of nitrogens with zero attached hydrogens (tertiary/aromatic N) is 3. The normalized spacial score (nSPS) is 43.2. The van der Waals surface area contributed by atoms with Crippen molar-refractivity contribution in [3.8, 4) is 0 Å². The van der Waals surface area contributed by atoms with Crippen LogP contribution in [0.25, 0.3) is 0 Å². The Bertz CT molecular complexity index is 422. The summed E-state index contributed by atoms with van der Waals surface area (Å²) in [6.45, 7) is 0. The highest BCUT2D eigenvalue weighted by molar-refractivity contribution is 5.19. The van der Waals surface area contributed by atoms with Gasteiger partial charge in [-0.15, -0.1) is 5.10 Å². The summed E-state index contributed by atoms with van der Waals surface area (Å²) < 4.78 is 1.92. The van der Waals surface area contributed by atoms with Crippen molar-refractivity contribution in [1.82, 2.24) is 14.8 Å². The molecule has 0 amide bonds. The second-order valence-electron chi connectivity index (χ2n) is 6.41. The van der Waals surface area contributed by atoms with E-state index in [1.165, 1.54) is 32.1 Å². The molecule has 5 rings (SSSR count). The predicted molar refractivity (Wildman–Crippen MR) is 65.2 cm³/mol. The molecule has 4 heteroatoms. The van der Waals surface area contributed by atoms with Crippen molar-refractivity contribution in [2.45, 2.75) is 38.0 Å². The molecule has 4 fully saturated rings. The molecule has 4 aliphatic rings. The smallest absolute Gasteiger partial charge is 0.239 e. The van der Waals surface area contributed by atoms with E-state index >= 15 is 0 Å². The Morgan fingerprint density at radius 3 is 2.12 bits per heavy atom. The van der Waals surface area contributed by atoms with Gasteiger partial charge in [-0.2, -0.15) is 4.98 Å². The van der Waals surface area contributed by atoms with Crippen molar-refractivity contribution in [2.75, 3.05) is 5.73 Å². The average molecular weight is 232 g/mol. The third-order valence-corrected chi connectivity index (χ3v) is 5.34. The molecule has 0 atom stereocenters. The van der Waals surface area contributed by atoms with Crippen molar-refractivity contribution in [2.24, 2.45) is 30.7 Å². The first-order valence-electron chi connectivity index (χ1n) is 6.87. The molecule has 0 aromatic carbocycles. The molecule has 4 aliphatic carbocycles. The van der Waals surface area contributed by atoms with Gasteiger partial charge in [0.15, 0.2) is 0 Å². The molecule has 4 bridgehead atoms. The summed E-state index contributed by atoms with van der Waals surface area (Å²) in [4.78, 5) is 4.49. The first-order chi connectivity index (χ1) is 8.20. The van der Waals surface area contributed by atoms with Crippen molar-refractivity contribution in [3.63, 3.8) is 0 Å². The van der Waals surface area contributed by atoms with Crippen LogP contribution in [0.2, 0.25) is 0 Å². The zero-order valence-corrected chi connectivity index (χ0v) is 10.3. The Morgan fingerprint density at radius 2 is 1.65 bits per heavy atom. The van der Waals surface area contributed by atoms with E-state index in [0.717, 1.165) is 29.5 Å². The first-order valence-corrected chi connectivity index (χ1v) is 6.87. The van der Waals surface area contributed by atoms with Crippen LogP contribution in [0.1, 0.15) is 43.8 Å². The number of hydrogen-bond donors (Lipinski definition) is 1. The van der Waals surface area contributed by atoms with Gasteiger partial charge in [-0.05, 0) is 55.8 Å². The molecular formula is C13H20N4. The van der Waals surface area contributed by atoms with Crippen LogP contribution >= 0.6 is 0 Å². The van der Waals surface area contributed by atoms with Gasteiger partial charge in [-0.3, -0.25) is 4.68 Å². The number of nitrogens with two attached hydrogens (primary N) is 1. The summed E-state index contributed by atoms with van der Waals surface area (Å²) >= 11 is 0. The third kappa shape index (κ3) is 1.36. The van der Waals surface area contributed by atoms with Gasteiger partial charge in [0.2, 0.25) is 5.95 Å². The highest BCUT2D eigenvalue weighted by Crippen LogP contribution is 2.59. The van der Waals surface area contributed by atoms with Gasteiger partial charge in [0.05, 0.1) is 0 Å². The van der Waals surface area contributed by atoms with Crippen LogP contribution in [-0.2, 0) is 7.05 Å². The molecule has 17 heavy (non-hydrogen) atoms. The second-order valence-corrected chi connectivity index (χ2v) is 6.41. The fraction of sp³-hybridized carbons (Fsp3) is 0.846. The van der Waals surface area contributed by atoms with Crippen molar-refractivity contribution < 1.29 is 0 Å². The molecular weight excluding hydrogens is 212 g/mol. The SMILES string of the molecule is Cn1nc(N)nc1C1C2CC3CC(C2)CC1C3. The Kier molecular flexibility index (Phi) is 1.89. The van der Waals surface area contributed by atoms with E-state index in [0.29, 0.717) is 11.9 Å². The topological polar surface area (TPSA) is 56.7 Å². The zero-order chi connectivity index (χ0) is 11.6. The van der Waals surface area contributed by atoms with Gasteiger partial charge in [0.25, 0.3) is 0 Å². The number of anilines is 1. The van der Waals surface area contributed by atoms with Gasteiger partial charge in [-0.25, -0.2) is 0 Å². The third-order valence-electron chi connectivity index (χ3n) is 5.34. The Hall–Kier alpha value is -1.06. The fourth-order valence-corrected chi connectivity index (χ4v) is 5.05. The lowest BCUT2D eigenvalue weighted by molar-refractivity contribution is -0.00676. The molecule has 0 radical (unpaired) electrons. The predicted octanol–water partition coefficient (Wildman–Crippen LogP) is 1.94. The average Bonchev–Trinajstić information content (AvgIpc) is 2.56. The molecule has 0 unspecified atom stereocenters. The molecule has 1 heterocycles. The first kappa shape index (κ1) is 9.92. The van der Waals surface area contributed by atoms with Crippen LogP contribution < -0.4 is 5.73 Å². The van der Waals surface area contributed by atoms with E-state index in [1.807, 2.05) is 11.7 Å². The van der Waals surface area contributed by atoms with Crippen molar-refractivity contribution in [3.05, 3.63) is 5.82 Å². The van der Waals surface area contributed by atoms with Gasteiger partial charge in [0, 0.05) is 13.0 Å². The number of rotatable bonds is 1. The van der Waals surface area contributed by atoms with Crippen LogP contribution in [0.4, 0.5) is 5.95 Å². The van der Waals surface area contributed by atoms with Gasteiger partial charge >= 0.3 is 0 Å². The highest BCUT2D eigenvalue weighted by atomic mass is 15.4. The Balaban J connectivity index is 1.72. The summed E-state index contributed by atoms with van der Waals surface area (Å²) in [5, 5.41) is 4.23. The maximum Gasteiger partial charge on any atom is 0.239 e. The van der Waals surface area contributed by atoms with Crippen molar-refractivity contribution in [1.29, 1.82) is 0 Å². The lowest BCUT2D eigenvalue weighted by atomic mass is 9.51. The van der Waals surface area contributed by atoms with Crippen LogP contribution in [-0.4, -0.2) is 14.8 Å². The van der Waals surface area contributed by atoms with E-state index in [9.17, 15) is 0 Å². The van der Waals surface area contributed by atoms with E-state index in [2.05, 4.69) is 10.1 Å². The molecule has 4 nitrogen and oxygen atoms in total. The summed E-state index contributed by atoms with van der Waals surface area (Å²) in [6, 6.07) is 0. The highest BCUT2D eigenvalue weighted by Gasteiger charge is 2.50. The van der Waals surface area contributed by atoms with E-state index < -0.39 is 0 Å². The van der Waals surface area contributed by atoms with Crippen LogP contribution in [0.3, 0.4) is 0 Å². The molecule has 0 spiro atoms. The van der Waals surface area contributed by atoms with Gasteiger partial charge < -0.3 is 5.73 Å². The molecule has 0 aliphatic heterocycles. The number of aryl methyl sites for hydroxylation is 1. The lowest BCUT2D eigenvalue weighted by Crippen LogP contribution is -2.44.